The van der Waals surface area contributed by atoms with Crippen LogP contribution in [0.15, 0.2) is 24.5 Å². The van der Waals surface area contributed by atoms with Gasteiger partial charge in [0.2, 0.25) is 5.95 Å². The molecule has 2 fully saturated rings. The van der Waals surface area contributed by atoms with Crippen molar-refractivity contribution in [3.63, 3.8) is 0 Å². The van der Waals surface area contributed by atoms with Crippen LogP contribution in [0.3, 0.4) is 0 Å². The first kappa shape index (κ1) is 20.1. The van der Waals surface area contributed by atoms with Gasteiger partial charge in [-0.2, -0.15) is 5.10 Å². The highest BCUT2D eigenvalue weighted by atomic mass is 19.1. The Balaban J connectivity index is 1.47. The maximum atomic E-state index is 14.2. The van der Waals surface area contributed by atoms with E-state index in [2.05, 4.69) is 39.4 Å². The number of hydrogen-bond donors (Lipinski definition) is 2. The number of nitrogens with zero attached hydrogens (tertiary/aromatic N) is 5. The number of hydrogen-bond acceptors (Lipinski definition) is 7. The molecule has 2 aliphatic rings. The summed E-state index contributed by atoms with van der Waals surface area (Å²) in [6.07, 6.45) is 5.14. The molecule has 1 aliphatic carbocycles. The fraction of sp³-hybridized carbons (Fsp3) is 0.545. The number of rotatable bonds is 5. The third-order valence-electron chi connectivity index (χ3n) is 6.32. The second-order valence-corrected chi connectivity index (χ2v) is 9.31. The average Bonchev–Trinajstić information content (AvgIpc) is 3.16. The Bertz CT molecular complexity index is 1090. The first-order valence-electron chi connectivity index (χ1n) is 10.8. The summed E-state index contributed by atoms with van der Waals surface area (Å²) in [4.78, 5) is 13.4. The number of anilines is 1. The number of aromatic nitrogens is 5. The Morgan fingerprint density at radius 2 is 2.13 bits per heavy atom. The van der Waals surface area contributed by atoms with E-state index < -0.39 is 6.17 Å². The summed E-state index contributed by atoms with van der Waals surface area (Å²) in [6, 6.07) is 3.40. The number of piperidine rings is 1. The van der Waals surface area contributed by atoms with Crippen LogP contribution in [0.2, 0.25) is 0 Å². The lowest BCUT2D eigenvalue weighted by Gasteiger charge is -2.42. The SMILES string of the molecule is COc1cc2ncc(-c3ccnc(N[C@H]4CNCC[C@@H]4F)n3)n2nc1C1CC(C)(C)C1. The molecule has 164 valence electrons. The smallest absolute Gasteiger partial charge is 0.223 e. The fourth-order valence-corrected chi connectivity index (χ4v) is 4.71. The number of fused-ring (bicyclic) bond motifs is 1. The van der Waals surface area contributed by atoms with Crippen LogP contribution in [-0.2, 0) is 0 Å². The van der Waals surface area contributed by atoms with Crippen molar-refractivity contribution in [2.45, 2.75) is 51.2 Å². The maximum Gasteiger partial charge on any atom is 0.223 e. The van der Waals surface area contributed by atoms with E-state index in [9.17, 15) is 4.39 Å². The number of alkyl halides is 1. The van der Waals surface area contributed by atoms with Crippen molar-refractivity contribution < 1.29 is 9.13 Å². The molecule has 0 bridgehead atoms. The van der Waals surface area contributed by atoms with Crippen molar-refractivity contribution in [1.82, 2.24) is 29.9 Å². The van der Waals surface area contributed by atoms with Crippen LogP contribution in [0.4, 0.5) is 10.3 Å². The van der Waals surface area contributed by atoms with Gasteiger partial charge < -0.3 is 15.4 Å². The summed E-state index contributed by atoms with van der Waals surface area (Å²) in [5.74, 6) is 1.54. The summed E-state index contributed by atoms with van der Waals surface area (Å²) < 4.78 is 21.6. The minimum absolute atomic E-state index is 0.333. The van der Waals surface area contributed by atoms with Crippen LogP contribution in [0.1, 0.15) is 44.7 Å². The van der Waals surface area contributed by atoms with Gasteiger partial charge >= 0.3 is 0 Å². The first-order valence-corrected chi connectivity index (χ1v) is 10.8. The normalized spacial score (nSPS) is 23.5. The standard InChI is InChI=1S/C22H28FN7O/c1-22(2)9-13(10-22)20-18(31-3)8-19-26-12-17(30(19)29-20)15-5-7-25-21(27-15)28-16-11-24-6-4-14(16)23/h5,7-8,12-14,16,24H,4,6,9-11H2,1-3H3,(H,25,27,28)/t14-,16-/m0/s1. The van der Waals surface area contributed by atoms with Crippen LogP contribution in [0.5, 0.6) is 5.75 Å². The summed E-state index contributed by atoms with van der Waals surface area (Å²) in [5.41, 5.74) is 3.43. The van der Waals surface area contributed by atoms with E-state index in [-0.39, 0.29) is 6.04 Å². The van der Waals surface area contributed by atoms with E-state index in [0.29, 0.717) is 48.1 Å². The van der Waals surface area contributed by atoms with Gasteiger partial charge in [-0.25, -0.2) is 23.9 Å². The average molecular weight is 426 g/mol. The van der Waals surface area contributed by atoms with Crippen LogP contribution in [0, 0.1) is 5.41 Å². The number of methoxy groups -OCH3 is 1. The summed E-state index contributed by atoms with van der Waals surface area (Å²) in [5, 5.41) is 11.2. The van der Waals surface area contributed by atoms with Gasteiger partial charge in [-0.1, -0.05) is 13.8 Å². The summed E-state index contributed by atoms with van der Waals surface area (Å²) in [7, 11) is 1.67. The van der Waals surface area contributed by atoms with Crippen molar-refractivity contribution >= 4 is 11.6 Å². The Hall–Kier alpha value is -2.81. The fourth-order valence-electron chi connectivity index (χ4n) is 4.71. The van der Waals surface area contributed by atoms with Gasteiger partial charge in [0.15, 0.2) is 5.65 Å². The zero-order chi connectivity index (χ0) is 21.6. The second-order valence-electron chi connectivity index (χ2n) is 9.31. The highest BCUT2D eigenvalue weighted by Gasteiger charge is 2.39. The number of imidazole rings is 1. The largest absolute Gasteiger partial charge is 0.495 e. The predicted octanol–water partition coefficient (Wildman–Crippen LogP) is 3.21. The molecule has 9 heteroatoms. The van der Waals surface area contributed by atoms with Crippen molar-refractivity contribution in [1.29, 1.82) is 0 Å². The van der Waals surface area contributed by atoms with E-state index in [1.54, 1.807) is 19.5 Å². The Morgan fingerprint density at radius 3 is 2.87 bits per heavy atom. The molecule has 1 aliphatic heterocycles. The molecule has 3 aromatic rings. The molecular weight excluding hydrogens is 397 g/mol. The molecule has 0 spiro atoms. The van der Waals surface area contributed by atoms with Gasteiger partial charge in [0.1, 0.15) is 23.3 Å². The van der Waals surface area contributed by atoms with Gasteiger partial charge in [0.25, 0.3) is 0 Å². The van der Waals surface area contributed by atoms with E-state index in [1.807, 2.05) is 16.6 Å². The summed E-state index contributed by atoms with van der Waals surface area (Å²) >= 11 is 0. The third kappa shape index (κ3) is 3.82. The number of halogens is 1. The van der Waals surface area contributed by atoms with Crippen molar-refractivity contribution in [3.8, 4) is 17.1 Å². The number of ether oxygens (including phenoxy) is 1. The Labute approximate surface area is 180 Å². The quantitative estimate of drug-likeness (QED) is 0.649. The lowest BCUT2D eigenvalue weighted by molar-refractivity contribution is 0.145. The minimum Gasteiger partial charge on any atom is -0.495 e. The van der Waals surface area contributed by atoms with E-state index in [4.69, 9.17) is 9.84 Å². The topological polar surface area (TPSA) is 89.3 Å². The lowest BCUT2D eigenvalue weighted by Crippen LogP contribution is -2.46. The Kier molecular flexibility index (Phi) is 5.00. The molecule has 4 heterocycles. The molecule has 2 atom stereocenters. The molecule has 1 saturated heterocycles. The highest BCUT2D eigenvalue weighted by molar-refractivity contribution is 5.61. The van der Waals surface area contributed by atoms with Gasteiger partial charge in [-0.3, -0.25) is 0 Å². The second kappa shape index (κ2) is 7.71. The third-order valence-corrected chi connectivity index (χ3v) is 6.32. The van der Waals surface area contributed by atoms with Gasteiger partial charge in [-0.05, 0) is 37.3 Å². The first-order chi connectivity index (χ1) is 14.9. The molecule has 31 heavy (non-hydrogen) atoms. The molecule has 0 radical (unpaired) electrons. The van der Waals surface area contributed by atoms with Crippen molar-refractivity contribution in [2.24, 2.45) is 5.41 Å². The molecule has 0 unspecified atom stereocenters. The zero-order valence-corrected chi connectivity index (χ0v) is 18.1. The molecule has 8 nitrogen and oxygen atoms in total. The van der Waals surface area contributed by atoms with Crippen LogP contribution in [0.25, 0.3) is 17.0 Å². The lowest BCUT2D eigenvalue weighted by atomic mass is 9.63. The van der Waals surface area contributed by atoms with Crippen LogP contribution >= 0.6 is 0 Å². The van der Waals surface area contributed by atoms with E-state index >= 15 is 0 Å². The molecule has 3 aromatic heterocycles. The van der Waals surface area contributed by atoms with Gasteiger partial charge in [0.05, 0.1) is 25.0 Å². The molecule has 1 saturated carbocycles. The van der Waals surface area contributed by atoms with Crippen LogP contribution < -0.4 is 15.4 Å². The van der Waals surface area contributed by atoms with Gasteiger partial charge in [0, 0.05) is 24.7 Å². The van der Waals surface area contributed by atoms with E-state index in [1.165, 1.54) is 0 Å². The molecule has 0 aromatic carbocycles. The molecule has 0 amide bonds. The number of nitrogens with one attached hydrogen (secondary N) is 2. The van der Waals surface area contributed by atoms with E-state index in [0.717, 1.165) is 30.0 Å². The predicted molar refractivity (Wildman–Crippen MR) is 116 cm³/mol. The van der Waals surface area contributed by atoms with Gasteiger partial charge in [-0.15, -0.1) is 0 Å². The summed E-state index contributed by atoms with van der Waals surface area (Å²) in [6.45, 7) is 5.79. The zero-order valence-electron chi connectivity index (χ0n) is 18.1. The van der Waals surface area contributed by atoms with Crippen LogP contribution in [-0.4, -0.2) is 57.0 Å². The maximum absolute atomic E-state index is 14.2. The molecule has 2 N–H and O–H groups in total. The highest BCUT2D eigenvalue weighted by Crippen LogP contribution is 2.51. The molecule has 5 rings (SSSR count). The minimum atomic E-state index is -0.923. The van der Waals surface area contributed by atoms with Crippen molar-refractivity contribution in [3.05, 3.63) is 30.2 Å². The van der Waals surface area contributed by atoms with Crippen molar-refractivity contribution in [2.75, 3.05) is 25.5 Å². The molecular formula is C22H28FN7O. The monoisotopic (exact) mass is 425 g/mol. The Morgan fingerprint density at radius 1 is 1.29 bits per heavy atom.